The zero-order chi connectivity index (χ0) is 103. The van der Waals surface area contributed by atoms with Gasteiger partial charge in [-0.25, -0.2) is 0 Å². The van der Waals surface area contributed by atoms with Gasteiger partial charge in [0.1, 0.15) is 0 Å². The highest BCUT2D eigenvalue weighted by Crippen LogP contribution is 2.51. The van der Waals surface area contributed by atoms with Gasteiger partial charge in [-0.15, -0.1) is 0 Å². The van der Waals surface area contributed by atoms with Crippen molar-refractivity contribution in [3.63, 3.8) is 0 Å². The second kappa shape index (κ2) is 38.0. The van der Waals surface area contributed by atoms with Crippen molar-refractivity contribution >= 4 is 140 Å². The first-order chi connectivity index (χ1) is 71.3. The summed E-state index contributed by atoms with van der Waals surface area (Å²) in [6.45, 7) is 53.4. The third kappa shape index (κ3) is 16.7. The minimum absolute atomic E-state index is 1.22. The molecule has 0 saturated heterocycles. The standard InChI is InChI=1S/C19H20.C19H16.C19H20.C19H16.C19H20.C19H16.2C17H16/c2*1-11-4-5-14-6-9-17-13(3)12(2)10-15-7-8-16(11)18(14)19(15)17;2*1-11-8-14-4-5-16-10-12(2)13(3)17-7-6-15(9-11)18(14)19(16)17;2*1-11-4-5-14-6-7-15-10-12(2)13(3)17-9-8-16(11)18(14)19(15)17;1-11-4-7-16-14(10-11)6-9-15-13(3)12(2)5-8-17(15)16;1-11-4-7-16-14(8-11)5-6-15-9-12(2)13(3)10-17(15)16/h4-5,10H,6-9H2,1-3H3;4-10H,1-3H3;8-10H,4-7H2,1-3H3;4-10H,1-3H3;4-5,10H,6-9H2,1-3H3;4-10H,1-3H3;2*4-10H,1-3H3. The third-order valence-corrected chi connectivity index (χ3v) is 36.3. The molecule has 0 atom stereocenters. The Morgan fingerprint density at radius 2 is 0.372 bits per heavy atom. The van der Waals surface area contributed by atoms with Crippen molar-refractivity contribution in [2.75, 3.05) is 0 Å². The fraction of sp³-hybridized carbons (Fsp3) is 0.243. The lowest BCUT2D eigenvalue weighted by Gasteiger charge is -2.32. The van der Waals surface area contributed by atoms with Crippen LogP contribution in [0.25, 0.3) is 173 Å². The van der Waals surface area contributed by atoms with Crippen molar-refractivity contribution in [2.24, 2.45) is 0 Å². The fourth-order valence-corrected chi connectivity index (χ4v) is 27.1. The number of aryl methyl sites for hydroxylation is 28. The maximum absolute atomic E-state index is 2.44. The lowest BCUT2D eigenvalue weighted by Crippen LogP contribution is -2.16. The molecule has 24 aromatic rings. The van der Waals surface area contributed by atoms with Gasteiger partial charge >= 0.3 is 0 Å². The Bertz CT molecular complexity index is 9380. The topological polar surface area (TPSA) is 0 Å². The van der Waals surface area contributed by atoms with Crippen LogP contribution in [-0.2, 0) is 77.0 Å². The van der Waals surface area contributed by atoms with Crippen LogP contribution in [0, 0.1) is 166 Å². The second-order valence-corrected chi connectivity index (χ2v) is 45.5. The van der Waals surface area contributed by atoms with Crippen molar-refractivity contribution in [2.45, 2.75) is 243 Å². The molecule has 0 radical (unpaired) electrons. The van der Waals surface area contributed by atoms with E-state index < -0.39 is 0 Å². The average molecular weight is 1920 g/mol. The number of rotatable bonds is 0. The van der Waals surface area contributed by atoms with E-state index >= 15 is 0 Å². The van der Waals surface area contributed by atoms with Gasteiger partial charge in [-0.05, 0) is 600 Å². The van der Waals surface area contributed by atoms with Gasteiger partial charge < -0.3 is 0 Å². The SMILES string of the molecule is Cc1cc2c3c(c1)CCc1c(C)c(C)cc(c1-3)CC2.Cc1cc2c3c(c1C)CCc1c(C)ccc(c1-3)CC2.Cc1cc2c3c(c1C)CCc1ccc(C)c(c1-3)CC2.Cc1cc2ccc3c(C)ccc4ccc(c1C)c2c43.Cc1cc2ccc3cc(C)c(C)c4ccc(c1)c2c34.Cc1cc2ccc3ccc(C)c4ccc(c1C)c2c34.Cc1ccc2c(ccc3c(C)c(C)ccc32)c1.Cc1ccc2c(ccc3cc(C)c(C)cc32)c1. The minimum Gasteiger partial charge on any atom is -0.0587 e. The maximum atomic E-state index is 2.44. The normalized spacial score (nSPS) is 13.1. The van der Waals surface area contributed by atoms with Gasteiger partial charge in [0.2, 0.25) is 0 Å². The van der Waals surface area contributed by atoms with E-state index in [1.165, 1.54) is 351 Å². The first kappa shape index (κ1) is 96.9. The molecular formula is C148H140. The Balaban J connectivity index is 0.0000000930. The molecule has 0 heterocycles. The summed E-state index contributed by atoms with van der Waals surface area (Å²) in [5, 5.41) is 35.9. The van der Waals surface area contributed by atoms with Crippen LogP contribution < -0.4 is 0 Å². The van der Waals surface area contributed by atoms with Crippen LogP contribution in [0.2, 0.25) is 0 Å². The van der Waals surface area contributed by atoms with Gasteiger partial charge in [-0.1, -0.05) is 284 Å². The summed E-state index contributed by atoms with van der Waals surface area (Å²) in [6.07, 6.45) is 14.7. The number of benzene rings is 24. The van der Waals surface area contributed by atoms with E-state index in [1.807, 2.05) is 0 Å². The fourth-order valence-electron chi connectivity index (χ4n) is 27.1. The highest BCUT2D eigenvalue weighted by molar-refractivity contribution is 6.27. The van der Waals surface area contributed by atoms with Gasteiger partial charge in [0.05, 0.1) is 0 Å². The molecule has 732 valence electrons. The zero-order valence-corrected chi connectivity index (χ0v) is 91.9. The molecule has 0 amide bonds. The van der Waals surface area contributed by atoms with E-state index in [9.17, 15) is 0 Å². The van der Waals surface area contributed by atoms with E-state index in [-0.39, 0.29) is 0 Å². The number of hydrogen-bond acceptors (Lipinski definition) is 0. The van der Waals surface area contributed by atoms with Gasteiger partial charge in [0.15, 0.2) is 0 Å². The molecule has 24 aromatic carbocycles. The van der Waals surface area contributed by atoms with E-state index in [0.717, 1.165) is 0 Å². The molecule has 0 fully saturated rings. The second-order valence-electron chi connectivity index (χ2n) is 45.5. The third-order valence-electron chi connectivity index (χ3n) is 36.3. The van der Waals surface area contributed by atoms with Crippen molar-refractivity contribution in [1.82, 2.24) is 0 Å². The molecule has 0 heteroatoms. The molecule has 0 N–H and O–H groups in total. The number of fused-ring (bicyclic) bond motifs is 6. The molecule has 148 heavy (non-hydrogen) atoms. The van der Waals surface area contributed by atoms with Crippen LogP contribution in [0.3, 0.4) is 0 Å². The summed E-state index contributed by atoms with van der Waals surface area (Å²) in [4.78, 5) is 0. The molecule has 6 aliphatic carbocycles. The summed E-state index contributed by atoms with van der Waals surface area (Å²) in [5.74, 6) is 0. The van der Waals surface area contributed by atoms with Crippen molar-refractivity contribution < 1.29 is 0 Å². The van der Waals surface area contributed by atoms with Crippen molar-refractivity contribution in [3.05, 3.63) is 467 Å². The first-order valence-corrected chi connectivity index (χ1v) is 54.7. The summed E-state index contributed by atoms with van der Waals surface area (Å²) >= 11 is 0. The monoisotopic (exact) mass is 1920 g/mol. The van der Waals surface area contributed by atoms with Crippen LogP contribution in [0.15, 0.2) is 267 Å². The van der Waals surface area contributed by atoms with Crippen LogP contribution in [0.5, 0.6) is 0 Å². The van der Waals surface area contributed by atoms with E-state index in [0.29, 0.717) is 0 Å². The largest absolute Gasteiger partial charge is 0.0587 e. The van der Waals surface area contributed by atoms with Gasteiger partial charge in [0.25, 0.3) is 0 Å². The quantitative estimate of drug-likeness (QED) is 0.133. The van der Waals surface area contributed by atoms with Gasteiger partial charge in [0, 0.05) is 0 Å². The molecule has 0 saturated carbocycles. The predicted octanol–water partition coefficient (Wildman–Crippen LogP) is 39.8. The minimum atomic E-state index is 1.22. The summed E-state index contributed by atoms with van der Waals surface area (Å²) < 4.78 is 0. The Morgan fingerprint density at radius 3 is 0.858 bits per heavy atom. The molecule has 0 unspecified atom stereocenters. The summed E-state index contributed by atoms with van der Waals surface area (Å²) in [5.41, 5.74) is 62.8. The molecule has 0 spiro atoms. The first-order valence-electron chi connectivity index (χ1n) is 54.7. The molecule has 0 aliphatic heterocycles. The summed E-state index contributed by atoms with van der Waals surface area (Å²) in [7, 11) is 0. The molecule has 0 nitrogen and oxygen atoms in total. The van der Waals surface area contributed by atoms with E-state index in [4.69, 9.17) is 0 Å². The Labute approximate surface area is 877 Å². The summed E-state index contributed by atoms with van der Waals surface area (Å²) in [6, 6.07) is 101. The Kier molecular flexibility index (Phi) is 24.9. The lowest BCUT2D eigenvalue weighted by atomic mass is 9.72. The average Bonchev–Trinajstić information content (AvgIpc) is 1.10. The van der Waals surface area contributed by atoms with Gasteiger partial charge in [-0.3, -0.25) is 0 Å². The highest BCUT2D eigenvalue weighted by Gasteiger charge is 2.33. The number of hydrogen-bond donors (Lipinski definition) is 0. The van der Waals surface area contributed by atoms with E-state index in [2.05, 4.69) is 433 Å². The molecule has 0 aromatic heterocycles. The highest BCUT2D eigenvalue weighted by atomic mass is 14.4. The lowest BCUT2D eigenvalue weighted by molar-refractivity contribution is 0.860. The van der Waals surface area contributed by atoms with Crippen LogP contribution >= 0.6 is 0 Å². The van der Waals surface area contributed by atoms with Crippen LogP contribution in [-0.4, -0.2) is 0 Å². The van der Waals surface area contributed by atoms with E-state index in [1.54, 1.807) is 100 Å². The van der Waals surface area contributed by atoms with Gasteiger partial charge in [-0.2, -0.15) is 0 Å². The van der Waals surface area contributed by atoms with Crippen LogP contribution in [0.4, 0.5) is 0 Å². The zero-order valence-electron chi connectivity index (χ0n) is 91.9. The smallest absolute Gasteiger partial charge is 0.00238 e. The molecule has 6 aliphatic rings. The van der Waals surface area contributed by atoms with Crippen molar-refractivity contribution in [1.29, 1.82) is 0 Å². The Hall–Kier alpha value is -14.6. The molecule has 0 bridgehead atoms. The Morgan fingerprint density at radius 1 is 0.115 bits per heavy atom. The maximum Gasteiger partial charge on any atom is -0.00238 e. The van der Waals surface area contributed by atoms with Crippen molar-refractivity contribution in [3.8, 4) is 33.4 Å². The van der Waals surface area contributed by atoms with Crippen LogP contribution in [0.1, 0.15) is 200 Å². The molecule has 30 rings (SSSR count). The predicted molar refractivity (Wildman–Crippen MR) is 647 cm³/mol. The molecular weight excluding hydrogens is 1780 g/mol.